The molecule has 24 heavy (non-hydrogen) atoms. The first-order chi connectivity index (χ1) is 11.6. The SMILES string of the molecule is CN(C)CCNC(=O)c1cncc(C(=O)NCc2ccccn2)c1. The van der Waals surface area contributed by atoms with E-state index in [0.717, 1.165) is 12.2 Å². The minimum atomic E-state index is -0.295. The summed E-state index contributed by atoms with van der Waals surface area (Å²) in [6, 6.07) is 7.03. The van der Waals surface area contributed by atoms with E-state index < -0.39 is 0 Å². The molecule has 0 bridgehead atoms. The number of aromatic nitrogens is 2. The summed E-state index contributed by atoms with van der Waals surface area (Å²) >= 11 is 0. The summed E-state index contributed by atoms with van der Waals surface area (Å²) in [6.07, 6.45) is 4.55. The third kappa shape index (κ3) is 5.44. The number of likely N-dealkylation sites (N-methyl/N-ethyl adjacent to an activating group) is 1. The zero-order valence-corrected chi connectivity index (χ0v) is 13.8. The van der Waals surface area contributed by atoms with Crippen LogP contribution in [-0.2, 0) is 6.54 Å². The third-order valence-electron chi connectivity index (χ3n) is 3.26. The molecule has 2 heterocycles. The lowest BCUT2D eigenvalue weighted by Gasteiger charge is -2.10. The molecule has 0 saturated heterocycles. The number of amides is 2. The molecule has 2 rings (SSSR count). The number of carbonyl (C=O) groups is 2. The highest BCUT2D eigenvalue weighted by molar-refractivity contribution is 5.99. The first-order valence-corrected chi connectivity index (χ1v) is 7.62. The van der Waals surface area contributed by atoms with Gasteiger partial charge in [0.05, 0.1) is 23.4 Å². The Balaban J connectivity index is 1.93. The van der Waals surface area contributed by atoms with Crippen LogP contribution in [-0.4, -0.2) is 53.9 Å². The molecule has 0 aliphatic carbocycles. The van der Waals surface area contributed by atoms with Gasteiger partial charge in [-0.2, -0.15) is 0 Å². The van der Waals surface area contributed by atoms with Crippen molar-refractivity contribution in [2.24, 2.45) is 0 Å². The summed E-state index contributed by atoms with van der Waals surface area (Å²) in [6.45, 7) is 1.59. The minimum absolute atomic E-state index is 0.247. The second-order valence-corrected chi connectivity index (χ2v) is 5.53. The molecule has 0 saturated carbocycles. The van der Waals surface area contributed by atoms with Crippen LogP contribution in [0.4, 0.5) is 0 Å². The first kappa shape index (κ1) is 17.6. The number of pyridine rings is 2. The number of rotatable bonds is 7. The fraction of sp³-hybridized carbons (Fsp3) is 0.294. The van der Waals surface area contributed by atoms with E-state index in [2.05, 4.69) is 20.6 Å². The number of nitrogens with one attached hydrogen (secondary N) is 2. The summed E-state index contributed by atoms with van der Waals surface area (Å²) in [5.41, 5.74) is 1.46. The lowest BCUT2D eigenvalue weighted by Crippen LogP contribution is -2.31. The predicted octanol–water partition coefficient (Wildman–Crippen LogP) is 0.698. The largest absolute Gasteiger partial charge is 0.351 e. The Labute approximate surface area is 141 Å². The smallest absolute Gasteiger partial charge is 0.253 e. The average Bonchev–Trinajstić information content (AvgIpc) is 2.60. The van der Waals surface area contributed by atoms with Crippen LogP contribution in [0.2, 0.25) is 0 Å². The van der Waals surface area contributed by atoms with Gasteiger partial charge >= 0.3 is 0 Å². The van der Waals surface area contributed by atoms with E-state index in [9.17, 15) is 9.59 Å². The Hall–Kier alpha value is -2.80. The molecular weight excluding hydrogens is 306 g/mol. The maximum atomic E-state index is 12.2. The molecule has 0 atom stereocenters. The number of hydrogen-bond acceptors (Lipinski definition) is 5. The summed E-state index contributed by atoms with van der Waals surface area (Å²) in [7, 11) is 3.86. The molecule has 0 aliphatic rings. The van der Waals surface area contributed by atoms with Crippen molar-refractivity contribution in [3.63, 3.8) is 0 Å². The number of hydrogen-bond donors (Lipinski definition) is 2. The Morgan fingerprint density at radius 3 is 2.42 bits per heavy atom. The van der Waals surface area contributed by atoms with Crippen molar-refractivity contribution in [3.8, 4) is 0 Å². The Morgan fingerprint density at radius 2 is 1.79 bits per heavy atom. The van der Waals surface area contributed by atoms with Crippen LogP contribution < -0.4 is 10.6 Å². The van der Waals surface area contributed by atoms with Crippen LogP contribution in [0, 0.1) is 0 Å². The fourth-order valence-electron chi connectivity index (χ4n) is 1.96. The van der Waals surface area contributed by atoms with E-state index in [0.29, 0.717) is 24.2 Å². The van der Waals surface area contributed by atoms with Crippen LogP contribution in [0.15, 0.2) is 42.9 Å². The van der Waals surface area contributed by atoms with Crippen molar-refractivity contribution in [2.45, 2.75) is 6.54 Å². The van der Waals surface area contributed by atoms with Gasteiger partial charge < -0.3 is 15.5 Å². The Bertz CT molecular complexity index is 688. The molecule has 0 aromatic carbocycles. The highest BCUT2D eigenvalue weighted by Crippen LogP contribution is 2.04. The monoisotopic (exact) mass is 327 g/mol. The van der Waals surface area contributed by atoms with E-state index in [1.165, 1.54) is 18.5 Å². The predicted molar refractivity (Wildman–Crippen MR) is 90.5 cm³/mol. The zero-order valence-electron chi connectivity index (χ0n) is 13.8. The lowest BCUT2D eigenvalue weighted by molar-refractivity contribution is 0.0950. The van der Waals surface area contributed by atoms with Crippen LogP contribution in [0.3, 0.4) is 0 Å². The summed E-state index contributed by atoms with van der Waals surface area (Å²) in [4.78, 5) is 34.3. The van der Waals surface area contributed by atoms with Gasteiger partial charge in [0.1, 0.15) is 0 Å². The molecular formula is C17H21N5O2. The molecule has 7 heteroatoms. The maximum Gasteiger partial charge on any atom is 0.253 e. The van der Waals surface area contributed by atoms with Gasteiger partial charge in [-0.15, -0.1) is 0 Å². The number of carbonyl (C=O) groups excluding carboxylic acids is 2. The molecule has 126 valence electrons. The molecule has 7 nitrogen and oxygen atoms in total. The van der Waals surface area contributed by atoms with Crippen molar-refractivity contribution in [1.29, 1.82) is 0 Å². The van der Waals surface area contributed by atoms with Gasteiger partial charge in [-0.25, -0.2) is 0 Å². The van der Waals surface area contributed by atoms with Crippen LogP contribution in [0.25, 0.3) is 0 Å². The number of nitrogens with zero attached hydrogens (tertiary/aromatic N) is 3. The van der Waals surface area contributed by atoms with Gasteiger partial charge in [0.15, 0.2) is 0 Å². The van der Waals surface area contributed by atoms with E-state index in [4.69, 9.17) is 0 Å². The summed E-state index contributed by atoms with van der Waals surface area (Å²) in [5, 5.41) is 5.55. The van der Waals surface area contributed by atoms with Gasteiger partial charge in [-0.3, -0.25) is 19.6 Å². The van der Waals surface area contributed by atoms with Crippen LogP contribution in [0.1, 0.15) is 26.4 Å². The first-order valence-electron chi connectivity index (χ1n) is 7.62. The van der Waals surface area contributed by atoms with E-state index in [1.54, 1.807) is 6.20 Å². The third-order valence-corrected chi connectivity index (χ3v) is 3.26. The molecule has 2 N–H and O–H groups in total. The quantitative estimate of drug-likeness (QED) is 0.781. The van der Waals surface area contributed by atoms with Gasteiger partial charge in [0, 0.05) is 31.7 Å². The fourth-order valence-corrected chi connectivity index (χ4v) is 1.96. The highest BCUT2D eigenvalue weighted by atomic mass is 16.2. The van der Waals surface area contributed by atoms with Gasteiger partial charge in [-0.1, -0.05) is 6.07 Å². The average molecular weight is 327 g/mol. The molecule has 0 spiro atoms. The van der Waals surface area contributed by atoms with Crippen molar-refractivity contribution in [3.05, 3.63) is 59.7 Å². The van der Waals surface area contributed by atoms with Crippen molar-refractivity contribution in [1.82, 2.24) is 25.5 Å². The molecule has 2 aromatic rings. The Kier molecular flexibility index (Phi) is 6.39. The van der Waals surface area contributed by atoms with E-state index in [-0.39, 0.29) is 11.8 Å². The van der Waals surface area contributed by atoms with Crippen LogP contribution in [0.5, 0.6) is 0 Å². The molecule has 0 unspecified atom stereocenters. The maximum absolute atomic E-state index is 12.2. The van der Waals surface area contributed by atoms with Crippen LogP contribution >= 0.6 is 0 Å². The van der Waals surface area contributed by atoms with Crippen molar-refractivity contribution in [2.75, 3.05) is 27.2 Å². The molecule has 2 amide bonds. The zero-order chi connectivity index (χ0) is 17.4. The van der Waals surface area contributed by atoms with E-state index in [1.807, 2.05) is 37.2 Å². The van der Waals surface area contributed by atoms with Crippen molar-refractivity contribution >= 4 is 11.8 Å². The summed E-state index contributed by atoms with van der Waals surface area (Å²) < 4.78 is 0. The normalized spacial score (nSPS) is 10.5. The second-order valence-electron chi connectivity index (χ2n) is 5.53. The van der Waals surface area contributed by atoms with Gasteiger partial charge in [-0.05, 0) is 32.3 Å². The standard InChI is InChI=1S/C17H21N5O2/c1-22(2)8-7-20-16(23)13-9-14(11-18-10-13)17(24)21-12-15-5-3-4-6-19-15/h3-6,9-11H,7-8,12H2,1-2H3,(H,20,23)(H,21,24). The highest BCUT2D eigenvalue weighted by Gasteiger charge is 2.11. The lowest BCUT2D eigenvalue weighted by atomic mass is 10.2. The molecule has 0 fully saturated rings. The van der Waals surface area contributed by atoms with Crippen molar-refractivity contribution < 1.29 is 9.59 Å². The van der Waals surface area contributed by atoms with Gasteiger partial charge in [0.25, 0.3) is 11.8 Å². The molecule has 0 aliphatic heterocycles. The summed E-state index contributed by atoms with van der Waals surface area (Å²) in [5.74, 6) is -0.542. The van der Waals surface area contributed by atoms with Gasteiger partial charge in [0.2, 0.25) is 0 Å². The van der Waals surface area contributed by atoms with E-state index >= 15 is 0 Å². The Morgan fingerprint density at radius 1 is 1.08 bits per heavy atom. The topological polar surface area (TPSA) is 87.2 Å². The second kappa shape index (κ2) is 8.73. The minimum Gasteiger partial charge on any atom is -0.351 e. The molecule has 0 radical (unpaired) electrons. The molecule has 2 aromatic heterocycles.